The van der Waals surface area contributed by atoms with Crippen molar-refractivity contribution in [1.29, 1.82) is 0 Å². The number of nitrogens with one attached hydrogen (secondary N) is 1. The molecule has 1 aromatic heterocycles. The molecule has 1 amide bonds. The van der Waals surface area contributed by atoms with Crippen LogP contribution in [-0.4, -0.2) is 23.8 Å². The van der Waals surface area contributed by atoms with E-state index in [4.69, 9.17) is 27.9 Å². The lowest BCUT2D eigenvalue weighted by molar-refractivity contribution is 0.0953. The maximum Gasteiger partial charge on any atom is 0.276 e. The predicted molar refractivity (Wildman–Crippen MR) is 114 cm³/mol. The number of hydrogen-bond donors (Lipinski definition) is 1. The topological polar surface area (TPSA) is 72.7 Å². The van der Waals surface area contributed by atoms with Gasteiger partial charge in [0.1, 0.15) is 11.3 Å². The summed E-state index contributed by atoms with van der Waals surface area (Å²) in [6.07, 6.45) is 3.01. The van der Waals surface area contributed by atoms with Crippen LogP contribution in [0.15, 0.2) is 70.7 Å². The molecule has 1 heterocycles. The molecule has 0 aliphatic heterocycles. The molecule has 0 saturated heterocycles. The van der Waals surface area contributed by atoms with Gasteiger partial charge in [-0.1, -0.05) is 41.4 Å². The second-order valence-electron chi connectivity index (χ2n) is 6.07. The van der Waals surface area contributed by atoms with Crippen LogP contribution < -0.4 is 15.7 Å². The van der Waals surface area contributed by atoms with Crippen LogP contribution in [0.1, 0.15) is 21.5 Å². The largest absolute Gasteiger partial charge is 0.497 e. The van der Waals surface area contributed by atoms with Crippen LogP contribution in [0.5, 0.6) is 5.75 Å². The molecular formula is C21H17Cl2N3O3. The summed E-state index contributed by atoms with van der Waals surface area (Å²) in [6, 6.07) is 15.3. The molecule has 0 bridgehead atoms. The molecule has 3 aromatic rings. The van der Waals surface area contributed by atoms with Gasteiger partial charge in [0.05, 0.1) is 24.9 Å². The van der Waals surface area contributed by atoms with E-state index < -0.39 is 11.5 Å². The van der Waals surface area contributed by atoms with Gasteiger partial charge in [0.2, 0.25) is 0 Å². The van der Waals surface area contributed by atoms with E-state index in [1.807, 2.05) is 24.3 Å². The molecule has 0 atom stereocenters. The highest BCUT2D eigenvalue weighted by molar-refractivity contribution is 6.36. The lowest BCUT2D eigenvalue weighted by Crippen LogP contribution is -2.30. The van der Waals surface area contributed by atoms with Gasteiger partial charge in [-0.2, -0.15) is 5.10 Å². The summed E-state index contributed by atoms with van der Waals surface area (Å²) < 4.78 is 6.58. The quantitative estimate of drug-likeness (QED) is 0.475. The Kier molecular flexibility index (Phi) is 6.69. The van der Waals surface area contributed by atoms with Crippen molar-refractivity contribution in [2.75, 3.05) is 7.11 Å². The highest BCUT2D eigenvalue weighted by atomic mass is 35.5. The molecule has 0 fully saturated rings. The van der Waals surface area contributed by atoms with Gasteiger partial charge in [0, 0.05) is 16.8 Å². The second-order valence-corrected chi connectivity index (χ2v) is 6.91. The zero-order chi connectivity index (χ0) is 20.8. The highest BCUT2D eigenvalue weighted by Crippen LogP contribution is 2.19. The Morgan fingerprint density at radius 1 is 1.17 bits per heavy atom. The number of benzene rings is 2. The first-order valence-electron chi connectivity index (χ1n) is 8.59. The molecule has 29 heavy (non-hydrogen) atoms. The fourth-order valence-electron chi connectivity index (χ4n) is 2.59. The first-order valence-corrected chi connectivity index (χ1v) is 9.34. The highest BCUT2D eigenvalue weighted by Gasteiger charge is 2.12. The van der Waals surface area contributed by atoms with Crippen molar-refractivity contribution in [3.8, 4) is 5.75 Å². The van der Waals surface area contributed by atoms with Gasteiger partial charge in [-0.3, -0.25) is 9.59 Å². The van der Waals surface area contributed by atoms with Crippen molar-refractivity contribution in [1.82, 2.24) is 9.99 Å². The third-order valence-corrected chi connectivity index (χ3v) is 4.67. The number of hydrogen-bond acceptors (Lipinski definition) is 4. The summed E-state index contributed by atoms with van der Waals surface area (Å²) >= 11 is 11.9. The van der Waals surface area contributed by atoms with Crippen molar-refractivity contribution in [3.05, 3.63) is 97.9 Å². The summed E-state index contributed by atoms with van der Waals surface area (Å²) in [4.78, 5) is 25.0. The lowest BCUT2D eigenvalue weighted by atomic mass is 10.2. The molecule has 6 nitrogen and oxygen atoms in total. The number of nitrogens with zero attached hydrogens (tertiary/aromatic N) is 2. The molecule has 3 rings (SSSR count). The van der Waals surface area contributed by atoms with Crippen LogP contribution in [-0.2, 0) is 6.54 Å². The van der Waals surface area contributed by atoms with Gasteiger partial charge >= 0.3 is 0 Å². The normalized spacial score (nSPS) is 10.9. The SMILES string of the molecule is COc1ccc(Cn2cccc(C(=O)N/N=C\c3ccc(Cl)cc3Cl)c2=O)cc1. The molecule has 1 N–H and O–H groups in total. The minimum atomic E-state index is -0.611. The number of hydrazone groups is 1. The molecule has 0 unspecified atom stereocenters. The van der Waals surface area contributed by atoms with Crippen molar-refractivity contribution < 1.29 is 9.53 Å². The van der Waals surface area contributed by atoms with Gasteiger partial charge in [0.25, 0.3) is 11.5 Å². The number of methoxy groups -OCH3 is 1. The van der Waals surface area contributed by atoms with Crippen LogP contribution >= 0.6 is 23.2 Å². The molecule has 148 valence electrons. The summed E-state index contributed by atoms with van der Waals surface area (Å²) in [6.45, 7) is 0.327. The number of amides is 1. The smallest absolute Gasteiger partial charge is 0.276 e. The zero-order valence-electron chi connectivity index (χ0n) is 15.4. The van der Waals surface area contributed by atoms with Gasteiger partial charge in [0.15, 0.2) is 0 Å². The Morgan fingerprint density at radius 2 is 1.93 bits per heavy atom. The summed E-state index contributed by atoms with van der Waals surface area (Å²) in [5.74, 6) is 0.119. The van der Waals surface area contributed by atoms with E-state index in [-0.39, 0.29) is 5.56 Å². The standard InChI is InChI=1S/C21H17Cl2N3O3/c1-29-17-8-4-14(5-9-17)13-26-10-2-3-18(21(26)28)20(27)25-24-12-15-6-7-16(22)11-19(15)23/h2-12H,13H2,1H3,(H,25,27)/b24-12-. The summed E-state index contributed by atoms with van der Waals surface area (Å²) in [5, 5.41) is 4.77. The molecular weight excluding hydrogens is 413 g/mol. The predicted octanol–water partition coefficient (Wildman–Crippen LogP) is 3.98. The maximum absolute atomic E-state index is 12.7. The first kappa shape index (κ1) is 20.6. The van der Waals surface area contributed by atoms with Crippen molar-refractivity contribution in [2.24, 2.45) is 5.10 Å². The molecule has 0 saturated carbocycles. The summed E-state index contributed by atoms with van der Waals surface area (Å²) in [5.41, 5.74) is 3.40. The minimum absolute atomic E-state index is 0.0136. The van der Waals surface area contributed by atoms with Gasteiger partial charge in [-0.25, -0.2) is 5.43 Å². The van der Waals surface area contributed by atoms with Crippen LogP contribution in [0.25, 0.3) is 0 Å². The van der Waals surface area contributed by atoms with Crippen LogP contribution in [0, 0.1) is 0 Å². The second kappa shape index (κ2) is 9.41. The van der Waals surface area contributed by atoms with Gasteiger partial charge in [-0.15, -0.1) is 0 Å². The van der Waals surface area contributed by atoms with E-state index in [1.54, 1.807) is 37.6 Å². The van der Waals surface area contributed by atoms with Crippen LogP contribution in [0.4, 0.5) is 0 Å². The number of carbonyl (C=O) groups is 1. The Labute approximate surface area is 177 Å². The Balaban J connectivity index is 1.73. The molecule has 0 aliphatic rings. The summed E-state index contributed by atoms with van der Waals surface area (Å²) in [7, 11) is 1.59. The average molecular weight is 430 g/mol. The number of carbonyl (C=O) groups excluding carboxylic acids is 1. The Hall–Kier alpha value is -3.09. The van der Waals surface area contributed by atoms with Gasteiger partial charge < -0.3 is 9.30 Å². The van der Waals surface area contributed by atoms with Crippen molar-refractivity contribution in [3.63, 3.8) is 0 Å². The lowest BCUT2D eigenvalue weighted by Gasteiger charge is -2.08. The Morgan fingerprint density at radius 3 is 2.62 bits per heavy atom. The first-order chi connectivity index (χ1) is 14.0. The molecule has 2 aromatic carbocycles. The molecule has 0 spiro atoms. The number of halogens is 2. The molecule has 0 radical (unpaired) electrons. The van der Waals surface area contributed by atoms with E-state index in [0.29, 0.717) is 22.2 Å². The van der Waals surface area contributed by atoms with Crippen LogP contribution in [0.2, 0.25) is 10.0 Å². The number of ether oxygens (including phenoxy) is 1. The number of pyridine rings is 1. The van der Waals surface area contributed by atoms with E-state index in [9.17, 15) is 9.59 Å². The Bertz CT molecular complexity index is 1110. The fourth-order valence-corrected chi connectivity index (χ4v) is 3.05. The monoisotopic (exact) mass is 429 g/mol. The average Bonchev–Trinajstić information content (AvgIpc) is 2.71. The van der Waals surface area contributed by atoms with E-state index in [1.165, 1.54) is 16.8 Å². The van der Waals surface area contributed by atoms with Gasteiger partial charge in [-0.05, 0) is 42.0 Å². The van der Waals surface area contributed by atoms with Crippen molar-refractivity contribution >= 4 is 35.3 Å². The third-order valence-electron chi connectivity index (χ3n) is 4.11. The van der Waals surface area contributed by atoms with Crippen LogP contribution in [0.3, 0.4) is 0 Å². The third kappa shape index (κ3) is 5.25. The van der Waals surface area contributed by atoms with E-state index in [2.05, 4.69) is 10.5 Å². The zero-order valence-corrected chi connectivity index (χ0v) is 16.9. The molecule has 0 aliphatic carbocycles. The maximum atomic E-state index is 12.7. The van der Waals surface area contributed by atoms with E-state index in [0.717, 1.165) is 11.3 Å². The fraction of sp³-hybridized carbons (Fsp3) is 0.0952. The number of aromatic nitrogens is 1. The number of rotatable bonds is 6. The van der Waals surface area contributed by atoms with Crippen molar-refractivity contribution in [2.45, 2.75) is 6.54 Å². The van der Waals surface area contributed by atoms with E-state index >= 15 is 0 Å². The minimum Gasteiger partial charge on any atom is -0.497 e. The molecule has 8 heteroatoms.